The monoisotopic (exact) mass is 397 g/mol. The van der Waals surface area contributed by atoms with Crippen molar-refractivity contribution in [3.8, 4) is 6.07 Å². The summed E-state index contributed by atoms with van der Waals surface area (Å²) in [5.41, 5.74) is 0. The molecule has 0 radical (unpaired) electrons. The van der Waals surface area contributed by atoms with Crippen LogP contribution in [0.4, 0.5) is 0 Å². The Morgan fingerprint density at radius 3 is 2.69 bits per heavy atom. The summed E-state index contributed by atoms with van der Waals surface area (Å²) >= 11 is 6.03. The lowest BCUT2D eigenvalue weighted by atomic mass is 10.2. The molecule has 1 heterocycles. The Kier molecular flexibility index (Phi) is 6.62. The number of benzene rings is 1. The van der Waals surface area contributed by atoms with Crippen molar-refractivity contribution in [3.05, 3.63) is 29.3 Å². The molecule has 1 aliphatic rings. The van der Waals surface area contributed by atoms with Crippen LogP contribution in [0, 0.1) is 11.3 Å². The van der Waals surface area contributed by atoms with Gasteiger partial charge in [-0.15, -0.1) is 0 Å². The molecular formula is C17H20ClN3O4S. The number of hydrogen-bond donors (Lipinski definition) is 1. The summed E-state index contributed by atoms with van der Waals surface area (Å²) in [4.78, 5) is 26.0. The summed E-state index contributed by atoms with van der Waals surface area (Å²) in [5, 5.41) is 10.2. The molecule has 9 heteroatoms. The number of nitriles is 1. The smallest absolute Gasteiger partial charge is 0.243 e. The topological polar surface area (TPSA) is 107 Å². The van der Waals surface area contributed by atoms with Crippen LogP contribution in [-0.4, -0.2) is 49.5 Å². The van der Waals surface area contributed by atoms with Crippen molar-refractivity contribution in [2.24, 2.45) is 0 Å². The molecule has 2 rings (SSSR count). The van der Waals surface area contributed by atoms with Crippen molar-refractivity contribution in [3.63, 3.8) is 0 Å². The fraction of sp³-hybridized carbons (Fsp3) is 0.471. The van der Waals surface area contributed by atoms with Gasteiger partial charge in [-0.05, 0) is 25.0 Å². The zero-order valence-corrected chi connectivity index (χ0v) is 15.9. The first-order valence-electron chi connectivity index (χ1n) is 8.25. The first-order chi connectivity index (χ1) is 12.3. The van der Waals surface area contributed by atoms with E-state index in [0.29, 0.717) is 6.42 Å². The molecule has 0 bridgehead atoms. The van der Waals surface area contributed by atoms with E-state index < -0.39 is 27.0 Å². The number of nitrogens with zero attached hydrogens (tertiary/aromatic N) is 2. The van der Waals surface area contributed by atoms with E-state index in [1.807, 2.05) is 6.92 Å². The predicted octanol–water partition coefficient (Wildman–Crippen LogP) is 1.52. The molecule has 2 amide bonds. The van der Waals surface area contributed by atoms with Gasteiger partial charge >= 0.3 is 0 Å². The fourth-order valence-electron chi connectivity index (χ4n) is 3.00. The number of likely N-dealkylation sites (tertiary alicyclic amines) is 1. The Morgan fingerprint density at radius 1 is 1.38 bits per heavy atom. The Morgan fingerprint density at radius 2 is 2.08 bits per heavy atom. The number of sulfone groups is 1. The maximum absolute atomic E-state index is 13.0. The van der Waals surface area contributed by atoms with Crippen LogP contribution in [0.2, 0.25) is 5.02 Å². The minimum absolute atomic E-state index is 0.00681. The highest BCUT2D eigenvalue weighted by Crippen LogP contribution is 2.32. The summed E-state index contributed by atoms with van der Waals surface area (Å²) in [7, 11) is -3.81. The van der Waals surface area contributed by atoms with Crippen molar-refractivity contribution in [2.75, 3.05) is 13.1 Å². The summed E-state index contributed by atoms with van der Waals surface area (Å²) < 4.78 is 25.9. The van der Waals surface area contributed by atoms with Crippen LogP contribution >= 0.6 is 11.6 Å². The molecule has 0 saturated carbocycles. The SMILES string of the molecule is CCCC(=O)N1C[C@H](S(=O)(=O)c2ccccc2Cl)C[C@H]1C(=O)NCC#N. The van der Waals surface area contributed by atoms with Gasteiger partial charge < -0.3 is 10.2 Å². The molecule has 0 aromatic heterocycles. The van der Waals surface area contributed by atoms with Crippen molar-refractivity contribution in [1.29, 1.82) is 5.26 Å². The third-order valence-corrected chi connectivity index (χ3v) is 6.90. The molecular weight excluding hydrogens is 378 g/mol. The summed E-state index contributed by atoms with van der Waals surface area (Å²) in [6.07, 6.45) is 0.783. The summed E-state index contributed by atoms with van der Waals surface area (Å²) in [5.74, 6) is -0.797. The molecule has 1 aromatic rings. The molecule has 1 aromatic carbocycles. The average Bonchev–Trinajstić information content (AvgIpc) is 3.06. The molecule has 0 aliphatic carbocycles. The number of carbonyl (C=O) groups excluding carboxylic acids is 2. The lowest BCUT2D eigenvalue weighted by Gasteiger charge is -2.23. The first-order valence-corrected chi connectivity index (χ1v) is 10.2. The number of rotatable bonds is 6. The van der Waals surface area contributed by atoms with Gasteiger partial charge in [-0.25, -0.2) is 8.42 Å². The van der Waals surface area contributed by atoms with Gasteiger partial charge in [0.1, 0.15) is 12.6 Å². The van der Waals surface area contributed by atoms with Crippen LogP contribution < -0.4 is 5.32 Å². The van der Waals surface area contributed by atoms with Gasteiger partial charge in [0.05, 0.1) is 21.2 Å². The van der Waals surface area contributed by atoms with Gasteiger partial charge in [-0.3, -0.25) is 9.59 Å². The van der Waals surface area contributed by atoms with Crippen LogP contribution in [-0.2, 0) is 19.4 Å². The van der Waals surface area contributed by atoms with Crippen molar-refractivity contribution in [2.45, 2.75) is 42.4 Å². The summed E-state index contributed by atoms with van der Waals surface area (Å²) in [6.45, 7) is 1.56. The van der Waals surface area contributed by atoms with Crippen LogP contribution in [0.15, 0.2) is 29.2 Å². The Balaban J connectivity index is 2.32. The second-order valence-electron chi connectivity index (χ2n) is 6.02. The molecule has 140 valence electrons. The minimum atomic E-state index is -3.81. The predicted molar refractivity (Wildman–Crippen MR) is 96.1 cm³/mol. The second-order valence-corrected chi connectivity index (χ2v) is 8.62. The third-order valence-electron chi connectivity index (χ3n) is 4.27. The first kappa shape index (κ1) is 20.2. The third kappa shape index (κ3) is 4.17. The number of carbonyl (C=O) groups is 2. The highest BCUT2D eigenvalue weighted by atomic mass is 35.5. The molecule has 26 heavy (non-hydrogen) atoms. The number of amides is 2. The summed E-state index contributed by atoms with van der Waals surface area (Å²) in [6, 6.07) is 6.99. The van der Waals surface area contributed by atoms with Crippen LogP contribution in [0.1, 0.15) is 26.2 Å². The van der Waals surface area contributed by atoms with Gasteiger partial charge in [0.2, 0.25) is 11.8 Å². The molecule has 7 nitrogen and oxygen atoms in total. The van der Waals surface area contributed by atoms with E-state index >= 15 is 0 Å². The zero-order valence-electron chi connectivity index (χ0n) is 14.3. The molecule has 1 fully saturated rings. The highest BCUT2D eigenvalue weighted by molar-refractivity contribution is 7.92. The minimum Gasteiger partial charge on any atom is -0.341 e. The molecule has 0 unspecified atom stereocenters. The normalized spacial score (nSPS) is 19.8. The van der Waals surface area contributed by atoms with Gasteiger partial charge in [-0.1, -0.05) is 30.7 Å². The van der Waals surface area contributed by atoms with E-state index in [9.17, 15) is 18.0 Å². The largest absolute Gasteiger partial charge is 0.341 e. The van der Waals surface area contributed by atoms with Crippen molar-refractivity contribution in [1.82, 2.24) is 10.2 Å². The Bertz CT molecular complexity index is 835. The standard InChI is InChI=1S/C17H20ClN3O4S/c1-2-5-16(22)21-11-12(10-14(21)17(23)20-9-8-19)26(24,25)15-7-4-3-6-13(15)18/h3-4,6-7,12,14H,2,5,9-11H2,1H3,(H,20,23)/t12-,14+/m1/s1. The van der Waals surface area contributed by atoms with Crippen LogP contribution in [0.25, 0.3) is 0 Å². The van der Waals surface area contributed by atoms with Crippen LogP contribution in [0.5, 0.6) is 0 Å². The Hall–Kier alpha value is -2.11. The molecule has 1 aliphatic heterocycles. The molecule has 2 atom stereocenters. The second kappa shape index (κ2) is 8.52. The van der Waals surface area contributed by atoms with Gasteiger partial charge in [0.15, 0.2) is 9.84 Å². The van der Waals surface area contributed by atoms with Crippen LogP contribution in [0.3, 0.4) is 0 Å². The molecule has 1 N–H and O–H groups in total. The maximum Gasteiger partial charge on any atom is 0.243 e. The van der Waals surface area contributed by atoms with Gasteiger partial charge in [0.25, 0.3) is 0 Å². The van der Waals surface area contributed by atoms with E-state index in [2.05, 4.69) is 5.32 Å². The highest BCUT2D eigenvalue weighted by Gasteiger charge is 2.45. The molecule has 1 saturated heterocycles. The quantitative estimate of drug-likeness (QED) is 0.732. The number of nitrogens with one attached hydrogen (secondary N) is 1. The van der Waals surface area contributed by atoms with E-state index in [1.54, 1.807) is 18.2 Å². The Labute approximate surface area is 157 Å². The lowest BCUT2D eigenvalue weighted by molar-refractivity contribution is -0.138. The zero-order chi connectivity index (χ0) is 19.3. The maximum atomic E-state index is 13.0. The molecule has 0 spiro atoms. The number of hydrogen-bond acceptors (Lipinski definition) is 5. The lowest BCUT2D eigenvalue weighted by Crippen LogP contribution is -2.46. The van der Waals surface area contributed by atoms with Gasteiger partial charge in [-0.2, -0.15) is 5.26 Å². The van der Waals surface area contributed by atoms with E-state index in [1.165, 1.54) is 17.0 Å². The van der Waals surface area contributed by atoms with E-state index in [4.69, 9.17) is 16.9 Å². The van der Waals surface area contributed by atoms with Crippen molar-refractivity contribution < 1.29 is 18.0 Å². The average molecular weight is 398 g/mol. The van der Waals surface area contributed by atoms with E-state index in [0.717, 1.165) is 0 Å². The fourth-order valence-corrected chi connectivity index (χ4v) is 5.22. The van der Waals surface area contributed by atoms with Gasteiger partial charge in [0, 0.05) is 13.0 Å². The van der Waals surface area contributed by atoms with E-state index in [-0.39, 0.29) is 41.8 Å². The number of halogens is 1. The van der Waals surface area contributed by atoms with Crippen molar-refractivity contribution >= 4 is 33.3 Å².